The largest absolute Gasteiger partial charge is 0.468 e. The minimum Gasteiger partial charge on any atom is -0.468 e. The summed E-state index contributed by atoms with van der Waals surface area (Å²) in [6, 6.07) is 9.11. The first-order valence-electron chi connectivity index (χ1n) is 6.50. The minimum absolute atomic E-state index is 0.0403. The highest BCUT2D eigenvalue weighted by atomic mass is 32.2. The van der Waals surface area contributed by atoms with Crippen molar-refractivity contribution in [2.45, 2.75) is 31.2 Å². The van der Waals surface area contributed by atoms with Crippen LogP contribution in [0.15, 0.2) is 52.0 Å². The van der Waals surface area contributed by atoms with Gasteiger partial charge in [-0.3, -0.25) is 4.79 Å². The van der Waals surface area contributed by atoms with Crippen LogP contribution >= 0.6 is 0 Å². The summed E-state index contributed by atoms with van der Waals surface area (Å²) in [4.78, 5) is 11.5. The smallest absolute Gasteiger partial charge is 0.241 e. The second-order valence-corrected chi connectivity index (χ2v) is 6.62. The number of carbonyl (C=O) groups excluding carboxylic acids is 1. The predicted molar refractivity (Wildman–Crippen MR) is 78.2 cm³/mol. The van der Waals surface area contributed by atoms with Crippen LogP contribution < -0.4 is 4.72 Å². The highest BCUT2D eigenvalue weighted by Crippen LogP contribution is 2.21. The first kappa shape index (κ1) is 15.5. The quantitative estimate of drug-likeness (QED) is 0.890. The van der Waals surface area contributed by atoms with Crippen LogP contribution in [-0.4, -0.2) is 14.2 Å². The molecule has 1 aromatic carbocycles. The molecule has 0 saturated heterocycles. The lowest BCUT2D eigenvalue weighted by molar-refractivity contribution is -0.117. The maximum absolute atomic E-state index is 12.4. The van der Waals surface area contributed by atoms with Gasteiger partial charge in [-0.15, -0.1) is 0 Å². The zero-order chi connectivity index (χ0) is 15.5. The van der Waals surface area contributed by atoms with Crippen molar-refractivity contribution in [1.82, 2.24) is 4.72 Å². The van der Waals surface area contributed by atoms with Crippen molar-refractivity contribution in [1.29, 1.82) is 0 Å². The standard InChI is InChI=1S/C15H17NO4S/c1-11-5-7-13(8-6-11)21(18,19)16-14(10-12(2)17)15-4-3-9-20-15/h3-9,14,16H,10H2,1-2H3. The number of hydrogen-bond donors (Lipinski definition) is 1. The fraction of sp³-hybridized carbons (Fsp3) is 0.267. The molecule has 1 atom stereocenters. The monoisotopic (exact) mass is 307 g/mol. The molecule has 1 unspecified atom stereocenters. The lowest BCUT2D eigenvalue weighted by Crippen LogP contribution is -2.29. The molecule has 6 heteroatoms. The van der Waals surface area contributed by atoms with Gasteiger partial charge in [0.25, 0.3) is 0 Å². The first-order valence-corrected chi connectivity index (χ1v) is 7.98. The average Bonchev–Trinajstić information content (AvgIpc) is 2.91. The molecule has 0 aliphatic heterocycles. The normalized spacial score (nSPS) is 13.0. The van der Waals surface area contributed by atoms with Crippen LogP contribution in [0.5, 0.6) is 0 Å². The Labute approximate surface area is 124 Å². The summed E-state index contributed by atoms with van der Waals surface area (Å²) >= 11 is 0. The van der Waals surface area contributed by atoms with E-state index in [2.05, 4.69) is 4.72 Å². The van der Waals surface area contributed by atoms with E-state index in [1.807, 2.05) is 6.92 Å². The highest BCUT2D eigenvalue weighted by Gasteiger charge is 2.24. The zero-order valence-corrected chi connectivity index (χ0v) is 12.7. The van der Waals surface area contributed by atoms with E-state index < -0.39 is 16.1 Å². The molecule has 1 aromatic heterocycles. The van der Waals surface area contributed by atoms with E-state index in [9.17, 15) is 13.2 Å². The molecule has 0 spiro atoms. The third-order valence-electron chi connectivity index (χ3n) is 3.01. The summed E-state index contributed by atoms with van der Waals surface area (Å²) in [7, 11) is -3.71. The molecule has 0 saturated carbocycles. The van der Waals surface area contributed by atoms with Gasteiger partial charge in [0.05, 0.1) is 17.2 Å². The van der Waals surface area contributed by atoms with E-state index in [4.69, 9.17) is 4.42 Å². The second-order valence-electron chi connectivity index (χ2n) is 4.91. The Balaban J connectivity index is 2.27. The number of Topliss-reactive ketones (excluding diaryl/α,β-unsaturated/α-hetero) is 1. The molecule has 2 aromatic rings. The van der Waals surface area contributed by atoms with Gasteiger partial charge in [0, 0.05) is 6.42 Å². The molecule has 0 aliphatic carbocycles. The van der Waals surface area contributed by atoms with Gasteiger partial charge in [-0.1, -0.05) is 17.7 Å². The lowest BCUT2D eigenvalue weighted by Gasteiger charge is -2.15. The summed E-state index contributed by atoms with van der Waals surface area (Å²) in [6.07, 6.45) is 1.49. The molecule has 0 aliphatic rings. The van der Waals surface area contributed by atoms with E-state index >= 15 is 0 Å². The molecule has 0 bridgehead atoms. The zero-order valence-electron chi connectivity index (χ0n) is 11.9. The van der Waals surface area contributed by atoms with E-state index in [1.165, 1.54) is 25.3 Å². The molecule has 1 N–H and O–H groups in total. The summed E-state index contributed by atoms with van der Waals surface area (Å²) in [5.74, 6) is 0.295. The number of rotatable bonds is 6. The number of carbonyl (C=O) groups is 1. The van der Waals surface area contributed by atoms with Crippen LogP contribution in [0.4, 0.5) is 0 Å². The molecule has 1 heterocycles. The topological polar surface area (TPSA) is 76.4 Å². The Morgan fingerprint density at radius 1 is 1.24 bits per heavy atom. The molecule has 5 nitrogen and oxygen atoms in total. The van der Waals surface area contributed by atoms with Crippen molar-refractivity contribution >= 4 is 15.8 Å². The van der Waals surface area contributed by atoms with Gasteiger partial charge in [-0.05, 0) is 38.1 Å². The molecule has 0 radical (unpaired) electrons. The molecular formula is C15H17NO4S. The van der Waals surface area contributed by atoms with E-state index in [0.29, 0.717) is 5.76 Å². The van der Waals surface area contributed by atoms with Gasteiger partial charge in [-0.2, -0.15) is 0 Å². The van der Waals surface area contributed by atoms with Gasteiger partial charge in [0.2, 0.25) is 10.0 Å². The maximum atomic E-state index is 12.4. The fourth-order valence-corrected chi connectivity index (χ4v) is 3.15. The predicted octanol–water partition coefficient (Wildman–Crippen LogP) is 2.59. The van der Waals surface area contributed by atoms with Crippen molar-refractivity contribution < 1.29 is 17.6 Å². The average molecular weight is 307 g/mol. The summed E-state index contributed by atoms with van der Waals surface area (Å²) in [5, 5.41) is 0. The third kappa shape index (κ3) is 4.03. The lowest BCUT2D eigenvalue weighted by atomic mass is 10.1. The number of aryl methyl sites for hydroxylation is 1. The van der Waals surface area contributed by atoms with Crippen LogP contribution in [0, 0.1) is 6.92 Å². The van der Waals surface area contributed by atoms with Crippen LogP contribution in [0.1, 0.15) is 30.7 Å². The van der Waals surface area contributed by atoms with Gasteiger partial charge in [0.15, 0.2) is 0 Å². The van der Waals surface area contributed by atoms with Crippen molar-refractivity contribution in [3.05, 3.63) is 54.0 Å². The van der Waals surface area contributed by atoms with Crippen molar-refractivity contribution in [3.8, 4) is 0 Å². The first-order chi connectivity index (χ1) is 9.88. The van der Waals surface area contributed by atoms with Gasteiger partial charge in [-0.25, -0.2) is 13.1 Å². The van der Waals surface area contributed by atoms with E-state index in [-0.39, 0.29) is 17.1 Å². The summed E-state index contributed by atoms with van der Waals surface area (Å²) < 4.78 is 32.5. The van der Waals surface area contributed by atoms with Crippen LogP contribution in [0.3, 0.4) is 0 Å². The molecule has 0 fully saturated rings. The van der Waals surface area contributed by atoms with Crippen molar-refractivity contribution in [3.63, 3.8) is 0 Å². The number of furan rings is 1. The number of ketones is 1. The van der Waals surface area contributed by atoms with Gasteiger partial charge < -0.3 is 4.42 Å². The second kappa shape index (κ2) is 6.24. The molecule has 21 heavy (non-hydrogen) atoms. The summed E-state index contributed by atoms with van der Waals surface area (Å²) in [6.45, 7) is 3.29. The Morgan fingerprint density at radius 2 is 1.90 bits per heavy atom. The maximum Gasteiger partial charge on any atom is 0.241 e. The molecule has 0 amide bonds. The molecular weight excluding hydrogens is 290 g/mol. The SMILES string of the molecule is CC(=O)CC(NS(=O)(=O)c1ccc(C)cc1)c1ccco1. The number of nitrogens with one attached hydrogen (secondary N) is 1. The van der Waals surface area contributed by atoms with E-state index in [1.54, 1.807) is 24.3 Å². The van der Waals surface area contributed by atoms with Gasteiger partial charge >= 0.3 is 0 Å². The fourth-order valence-electron chi connectivity index (χ4n) is 1.95. The molecule has 2 rings (SSSR count). The number of sulfonamides is 1. The Hall–Kier alpha value is -1.92. The minimum atomic E-state index is -3.71. The van der Waals surface area contributed by atoms with Crippen molar-refractivity contribution in [2.24, 2.45) is 0 Å². The van der Waals surface area contributed by atoms with Crippen molar-refractivity contribution in [2.75, 3.05) is 0 Å². The van der Waals surface area contributed by atoms with E-state index in [0.717, 1.165) is 5.56 Å². The van der Waals surface area contributed by atoms with Crippen LogP contribution in [-0.2, 0) is 14.8 Å². The summed E-state index contributed by atoms with van der Waals surface area (Å²) in [5.41, 5.74) is 0.972. The number of benzene rings is 1. The third-order valence-corrected chi connectivity index (χ3v) is 4.49. The number of hydrogen-bond acceptors (Lipinski definition) is 4. The van der Waals surface area contributed by atoms with Gasteiger partial charge in [0.1, 0.15) is 11.5 Å². The van der Waals surface area contributed by atoms with Crippen LogP contribution in [0.2, 0.25) is 0 Å². The molecule has 112 valence electrons. The Kier molecular flexibility index (Phi) is 4.59. The van der Waals surface area contributed by atoms with Crippen LogP contribution in [0.25, 0.3) is 0 Å². The Bertz CT molecular complexity index is 703. The highest BCUT2D eigenvalue weighted by molar-refractivity contribution is 7.89. The Morgan fingerprint density at radius 3 is 2.43 bits per heavy atom.